The molecule has 0 saturated heterocycles. The standard InChI is InChI=1S/C17H18F3N5O/c1-21-16(24-11-15(26)25-14-6-3-7-22-10-14)23-9-12-4-2-5-13(8-12)17(18,19)20/h2-8,10H,9,11H2,1H3,(H,25,26)(H2,21,23,24). The highest BCUT2D eigenvalue weighted by atomic mass is 19.4. The molecule has 3 N–H and O–H groups in total. The molecule has 0 saturated carbocycles. The quantitative estimate of drug-likeness (QED) is 0.562. The van der Waals surface area contributed by atoms with E-state index in [0.29, 0.717) is 17.2 Å². The smallest absolute Gasteiger partial charge is 0.352 e. The second-order valence-electron chi connectivity index (χ2n) is 5.27. The van der Waals surface area contributed by atoms with Crippen LogP contribution in [0.25, 0.3) is 0 Å². The van der Waals surface area contributed by atoms with Crippen LogP contribution in [-0.4, -0.2) is 30.4 Å². The zero-order chi connectivity index (χ0) is 19.0. The molecular formula is C17H18F3N5O. The lowest BCUT2D eigenvalue weighted by molar-refractivity contribution is -0.137. The lowest BCUT2D eigenvalue weighted by Gasteiger charge is -2.13. The normalized spacial score (nSPS) is 11.8. The number of carbonyl (C=O) groups is 1. The van der Waals surface area contributed by atoms with Crippen molar-refractivity contribution in [2.45, 2.75) is 12.7 Å². The van der Waals surface area contributed by atoms with Crippen molar-refractivity contribution in [2.24, 2.45) is 4.99 Å². The summed E-state index contributed by atoms with van der Waals surface area (Å²) in [4.78, 5) is 19.7. The minimum absolute atomic E-state index is 0.0584. The van der Waals surface area contributed by atoms with Crippen LogP contribution in [0.5, 0.6) is 0 Å². The number of alkyl halides is 3. The highest BCUT2D eigenvalue weighted by Crippen LogP contribution is 2.29. The van der Waals surface area contributed by atoms with E-state index in [4.69, 9.17) is 0 Å². The van der Waals surface area contributed by atoms with E-state index >= 15 is 0 Å². The highest BCUT2D eigenvalue weighted by molar-refractivity contribution is 5.94. The number of halogens is 3. The molecule has 0 fully saturated rings. The van der Waals surface area contributed by atoms with Crippen molar-refractivity contribution in [1.82, 2.24) is 15.6 Å². The summed E-state index contributed by atoms with van der Waals surface area (Å²) < 4.78 is 38.1. The summed E-state index contributed by atoms with van der Waals surface area (Å²) in [7, 11) is 1.50. The van der Waals surface area contributed by atoms with Crippen LogP contribution in [-0.2, 0) is 17.5 Å². The molecule has 0 aliphatic carbocycles. The zero-order valence-corrected chi connectivity index (χ0v) is 14.0. The molecule has 0 bridgehead atoms. The second kappa shape index (κ2) is 8.84. The largest absolute Gasteiger partial charge is 0.416 e. The number of guanidine groups is 1. The van der Waals surface area contributed by atoms with E-state index in [1.807, 2.05) is 0 Å². The second-order valence-corrected chi connectivity index (χ2v) is 5.27. The molecule has 0 aliphatic rings. The summed E-state index contributed by atoms with van der Waals surface area (Å²) in [5.41, 5.74) is 0.296. The van der Waals surface area contributed by atoms with Crippen molar-refractivity contribution in [1.29, 1.82) is 0 Å². The van der Waals surface area contributed by atoms with Gasteiger partial charge in [0.25, 0.3) is 0 Å². The van der Waals surface area contributed by atoms with E-state index in [-0.39, 0.29) is 19.0 Å². The Kier molecular flexibility index (Phi) is 6.54. The van der Waals surface area contributed by atoms with E-state index in [1.165, 1.54) is 19.3 Å². The third-order valence-electron chi connectivity index (χ3n) is 3.30. The Hall–Kier alpha value is -3.10. The van der Waals surface area contributed by atoms with E-state index in [1.54, 1.807) is 24.4 Å². The van der Waals surface area contributed by atoms with Crippen LogP contribution in [0.15, 0.2) is 53.8 Å². The number of aromatic nitrogens is 1. The molecule has 1 aromatic heterocycles. The maximum Gasteiger partial charge on any atom is 0.416 e. The fraction of sp³-hybridized carbons (Fsp3) is 0.235. The maximum absolute atomic E-state index is 12.7. The Morgan fingerprint density at radius 1 is 1.19 bits per heavy atom. The Bertz CT molecular complexity index is 762. The molecule has 2 aromatic rings. The van der Waals surface area contributed by atoms with Gasteiger partial charge < -0.3 is 16.0 Å². The van der Waals surface area contributed by atoms with Gasteiger partial charge in [0.15, 0.2) is 5.96 Å². The molecule has 1 aromatic carbocycles. The minimum atomic E-state index is -4.39. The third kappa shape index (κ3) is 6.08. The summed E-state index contributed by atoms with van der Waals surface area (Å²) in [5, 5.41) is 8.30. The average molecular weight is 365 g/mol. The monoisotopic (exact) mass is 365 g/mol. The number of carbonyl (C=O) groups excluding carboxylic acids is 1. The summed E-state index contributed by atoms with van der Waals surface area (Å²) in [6.45, 7) is 0.0744. The topological polar surface area (TPSA) is 78.4 Å². The number of hydrogen-bond acceptors (Lipinski definition) is 3. The van der Waals surface area contributed by atoms with Gasteiger partial charge in [-0.15, -0.1) is 0 Å². The van der Waals surface area contributed by atoms with Gasteiger partial charge >= 0.3 is 6.18 Å². The first-order valence-electron chi connectivity index (χ1n) is 7.69. The van der Waals surface area contributed by atoms with Crippen LogP contribution in [0, 0.1) is 0 Å². The molecule has 0 spiro atoms. The van der Waals surface area contributed by atoms with Crippen LogP contribution in [0.3, 0.4) is 0 Å². The van der Waals surface area contributed by atoms with Crippen molar-refractivity contribution in [3.05, 3.63) is 59.9 Å². The van der Waals surface area contributed by atoms with Crippen LogP contribution in [0.2, 0.25) is 0 Å². The summed E-state index contributed by atoms with van der Waals surface area (Å²) in [6.07, 6.45) is -1.29. The van der Waals surface area contributed by atoms with E-state index < -0.39 is 11.7 Å². The van der Waals surface area contributed by atoms with Gasteiger partial charge in [0.1, 0.15) is 0 Å². The molecule has 2 rings (SSSR count). The predicted octanol–water partition coefficient (Wildman–Crippen LogP) is 2.40. The fourth-order valence-electron chi connectivity index (χ4n) is 2.07. The first-order chi connectivity index (χ1) is 12.4. The summed E-state index contributed by atoms with van der Waals surface area (Å²) in [5.74, 6) is -0.0104. The van der Waals surface area contributed by atoms with Crippen LogP contribution >= 0.6 is 0 Å². The maximum atomic E-state index is 12.7. The molecule has 0 unspecified atom stereocenters. The molecule has 138 valence electrons. The van der Waals surface area contributed by atoms with Crippen molar-refractivity contribution in [3.63, 3.8) is 0 Å². The van der Waals surface area contributed by atoms with E-state index in [9.17, 15) is 18.0 Å². The number of hydrogen-bond donors (Lipinski definition) is 3. The third-order valence-corrected chi connectivity index (χ3v) is 3.30. The van der Waals surface area contributed by atoms with Crippen molar-refractivity contribution in [2.75, 3.05) is 18.9 Å². The number of aliphatic imine (C=N–C) groups is 1. The van der Waals surface area contributed by atoms with Gasteiger partial charge in [-0.1, -0.05) is 12.1 Å². The fourth-order valence-corrected chi connectivity index (χ4v) is 2.07. The molecule has 26 heavy (non-hydrogen) atoms. The van der Waals surface area contributed by atoms with Gasteiger partial charge in [0, 0.05) is 19.8 Å². The lowest BCUT2D eigenvalue weighted by atomic mass is 10.1. The number of benzene rings is 1. The number of amides is 1. The first kappa shape index (κ1) is 19.2. The molecular weight excluding hydrogens is 347 g/mol. The van der Waals surface area contributed by atoms with E-state index in [0.717, 1.165) is 12.1 Å². The predicted molar refractivity (Wildman–Crippen MR) is 92.5 cm³/mol. The summed E-state index contributed by atoms with van der Waals surface area (Å²) in [6, 6.07) is 8.39. The van der Waals surface area contributed by atoms with Crippen LogP contribution in [0.4, 0.5) is 18.9 Å². The van der Waals surface area contributed by atoms with Crippen molar-refractivity contribution < 1.29 is 18.0 Å². The molecule has 1 amide bonds. The van der Waals surface area contributed by atoms with Crippen LogP contribution < -0.4 is 16.0 Å². The number of nitrogens with one attached hydrogen (secondary N) is 3. The molecule has 0 atom stereocenters. The average Bonchev–Trinajstić information content (AvgIpc) is 2.62. The zero-order valence-electron chi connectivity index (χ0n) is 14.0. The van der Waals surface area contributed by atoms with Gasteiger partial charge in [-0.3, -0.25) is 14.8 Å². The molecule has 0 aliphatic heterocycles. The van der Waals surface area contributed by atoms with Gasteiger partial charge in [0.2, 0.25) is 5.91 Å². The number of nitrogens with zero attached hydrogens (tertiary/aromatic N) is 2. The SMILES string of the molecule is CN=C(NCC(=O)Nc1cccnc1)NCc1cccc(C(F)(F)F)c1. The number of anilines is 1. The van der Waals surface area contributed by atoms with Crippen molar-refractivity contribution in [3.8, 4) is 0 Å². The van der Waals surface area contributed by atoms with Gasteiger partial charge in [-0.05, 0) is 29.8 Å². The molecule has 9 heteroatoms. The molecule has 0 radical (unpaired) electrons. The molecule has 1 heterocycles. The number of pyridine rings is 1. The number of rotatable bonds is 5. The van der Waals surface area contributed by atoms with Crippen molar-refractivity contribution >= 4 is 17.6 Å². The van der Waals surface area contributed by atoms with E-state index in [2.05, 4.69) is 25.9 Å². The highest BCUT2D eigenvalue weighted by Gasteiger charge is 2.30. The summed E-state index contributed by atoms with van der Waals surface area (Å²) >= 11 is 0. The lowest BCUT2D eigenvalue weighted by Crippen LogP contribution is -2.41. The van der Waals surface area contributed by atoms with Gasteiger partial charge in [-0.2, -0.15) is 13.2 Å². The Morgan fingerprint density at radius 3 is 2.65 bits per heavy atom. The van der Waals surface area contributed by atoms with Gasteiger partial charge in [0.05, 0.1) is 24.0 Å². The van der Waals surface area contributed by atoms with Gasteiger partial charge in [-0.25, -0.2) is 0 Å². The first-order valence-corrected chi connectivity index (χ1v) is 7.69. The van der Waals surface area contributed by atoms with Crippen LogP contribution in [0.1, 0.15) is 11.1 Å². The Labute approximate surface area is 148 Å². The Morgan fingerprint density at radius 2 is 2.00 bits per heavy atom. The Balaban J connectivity index is 1.83. The minimum Gasteiger partial charge on any atom is -0.352 e. The molecule has 6 nitrogen and oxygen atoms in total.